The molecule has 1 saturated heterocycles. The van der Waals surface area contributed by atoms with E-state index in [0.717, 1.165) is 6.42 Å². The molecule has 0 aromatic heterocycles. The van der Waals surface area contributed by atoms with Crippen molar-refractivity contribution in [3.63, 3.8) is 0 Å². The van der Waals surface area contributed by atoms with Gasteiger partial charge in [0.15, 0.2) is 5.96 Å². The summed E-state index contributed by atoms with van der Waals surface area (Å²) in [6.45, 7) is 8.29. The Morgan fingerprint density at radius 3 is 2.50 bits per heavy atom. The molecule has 3 unspecified atom stereocenters. The van der Waals surface area contributed by atoms with Gasteiger partial charge in [0.25, 0.3) is 0 Å². The highest BCUT2D eigenvalue weighted by Crippen LogP contribution is 2.58. The van der Waals surface area contributed by atoms with Crippen molar-refractivity contribution in [2.75, 3.05) is 26.2 Å². The van der Waals surface area contributed by atoms with Crippen molar-refractivity contribution in [2.24, 2.45) is 16.6 Å². The Hall–Kier alpha value is -2.24. The van der Waals surface area contributed by atoms with Crippen LogP contribution < -0.4 is 5.73 Å². The third-order valence-corrected chi connectivity index (χ3v) is 5.53. The fourth-order valence-electron chi connectivity index (χ4n) is 4.17. The van der Waals surface area contributed by atoms with Gasteiger partial charge in [-0.25, -0.2) is 9.79 Å². The maximum Gasteiger partial charge on any atom is 0.410 e. The molecule has 6 nitrogen and oxygen atoms in total. The first-order chi connectivity index (χ1) is 12.3. The largest absolute Gasteiger partial charge is 0.444 e. The minimum Gasteiger partial charge on any atom is -0.444 e. The van der Waals surface area contributed by atoms with Gasteiger partial charge in [0.05, 0.1) is 6.04 Å². The molecule has 1 aromatic carbocycles. The number of piperazine rings is 1. The van der Waals surface area contributed by atoms with E-state index >= 15 is 0 Å². The molecule has 1 aliphatic heterocycles. The average Bonchev–Trinajstić information content (AvgIpc) is 3.10. The van der Waals surface area contributed by atoms with E-state index in [1.807, 2.05) is 20.8 Å². The van der Waals surface area contributed by atoms with Crippen LogP contribution >= 0.6 is 0 Å². The second kappa shape index (κ2) is 6.18. The summed E-state index contributed by atoms with van der Waals surface area (Å²) in [6.07, 6.45) is 0.871. The van der Waals surface area contributed by atoms with Crippen LogP contribution in [0.25, 0.3) is 0 Å². The summed E-state index contributed by atoms with van der Waals surface area (Å²) in [7, 11) is 0. The zero-order valence-electron chi connectivity index (χ0n) is 15.8. The maximum atomic E-state index is 12.2. The molecule has 0 spiro atoms. The van der Waals surface area contributed by atoms with Crippen molar-refractivity contribution in [1.82, 2.24) is 9.80 Å². The van der Waals surface area contributed by atoms with Gasteiger partial charge in [-0.05, 0) is 44.2 Å². The molecule has 26 heavy (non-hydrogen) atoms. The van der Waals surface area contributed by atoms with Crippen molar-refractivity contribution in [2.45, 2.75) is 44.8 Å². The molecule has 0 radical (unpaired) electrons. The number of hydrogen-bond donors (Lipinski definition) is 1. The highest BCUT2D eigenvalue weighted by Gasteiger charge is 2.56. The number of hydrogen-bond acceptors (Lipinski definition) is 3. The Balaban J connectivity index is 1.32. The van der Waals surface area contributed by atoms with Gasteiger partial charge in [-0.1, -0.05) is 24.3 Å². The van der Waals surface area contributed by atoms with E-state index in [9.17, 15) is 4.79 Å². The monoisotopic (exact) mass is 356 g/mol. The highest BCUT2D eigenvalue weighted by atomic mass is 16.6. The Morgan fingerprint density at radius 2 is 1.81 bits per heavy atom. The summed E-state index contributed by atoms with van der Waals surface area (Å²) in [4.78, 5) is 20.8. The first-order valence-corrected chi connectivity index (χ1v) is 9.47. The molecule has 1 saturated carbocycles. The van der Waals surface area contributed by atoms with Crippen molar-refractivity contribution in [1.29, 1.82) is 0 Å². The van der Waals surface area contributed by atoms with Crippen molar-refractivity contribution in [3.05, 3.63) is 35.4 Å². The van der Waals surface area contributed by atoms with Crippen LogP contribution in [0.2, 0.25) is 0 Å². The van der Waals surface area contributed by atoms with E-state index in [4.69, 9.17) is 15.5 Å². The Bertz CT molecular complexity index is 732. The first-order valence-electron chi connectivity index (χ1n) is 9.47. The average molecular weight is 356 g/mol. The SMILES string of the molecule is CC(C)(C)OC(=O)N1CCN(C(N)=NC2C3Cc4ccccc4C32)CC1. The van der Waals surface area contributed by atoms with E-state index in [0.29, 0.717) is 50.0 Å². The van der Waals surface area contributed by atoms with E-state index in [2.05, 4.69) is 29.2 Å². The number of amides is 1. The molecule has 4 rings (SSSR count). The number of fused-ring (bicyclic) bond motifs is 3. The normalized spacial score (nSPS) is 27.8. The Labute approximate surface area is 155 Å². The van der Waals surface area contributed by atoms with Crippen LogP contribution in [0.1, 0.15) is 37.8 Å². The van der Waals surface area contributed by atoms with Crippen LogP contribution in [0.5, 0.6) is 0 Å². The Morgan fingerprint density at radius 1 is 1.15 bits per heavy atom. The summed E-state index contributed by atoms with van der Waals surface area (Å²) in [5.74, 6) is 1.78. The number of carbonyl (C=O) groups is 1. The van der Waals surface area contributed by atoms with Crippen molar-refractivity contribution < 1.29 is 9.53 Å². The number of aliphatic imine (C=N–C) groups is 1. The summed E-state index contributed by atoms with van der Waals surface area (Å²) in [5, 5.41) is 0. The second-order valence-electron chi connectivity index (χ2n) is 8.52. The van der Waals surface area contributed by atoms with Crippen LogP contribution in [0.4, 0.5) is 4.79 Å². The third kappa shape index (κ3) is 3.24. The lowest BCUT2D eigenvalue weighted by atomic mass is 10.1. The summed E-state index contributed by atoms with van der Waals surface area (Å²) in [5.41, 5.74) is 8.74. The van der Waals surface area contributed by atoms with Crippen molar-refractivity contribution in [3.8, 4) is 0 Å². The Kier molecular flexibility index (Phi) is 4.09. The molecule has 1 heterocycles. The minimum atomic E-state index is -0.464. The number of carbonyl (C=O) groups excluding carboxylic acids is 1. The lowest BCUT2D eigenvalue weighted by Gasteiger charge is -2.36. The van der Waals surface area contributed by atoms with E-state index < -0.39 is 5.60 Å². The number of rotatable bonds is 1. The molecule has 1 amide bonds. The van der Waals surface area contributed by atoms with Crippen LogP contribution in [0.3, 0.4) is 0 Å². The van der Waals surface area contributed by atoms with Gasteiger partial charge in [0, 0.05) is 32.1 Å². The molecule has 2 aliphatic carbocycles. The molecule has 1 aromatic rings. The number of guanidine groups is 1. The fourth-order valence-corrected chi connectivity index (χ4v) is 4.17. The lowest BCUT2D eigenvalue weighted by Crippen LogP contribution is -2.53. The third-order valence-electron chi connectivity index (χ3n) is 5.53. The summed E-state index contributed by atoms with van der Waals surface area (Å²) >= 11 is 0. The highest BCUT2D eigenvalue weighted by molar-refractivity contribution is 5.79. The first kappa shape index (κ1) is 17.2. The lowest BCUT2D eigenvalue weighted by molar-refractivity contribution is 0.0186. The molecule has 2 fully saturated rings. The smallest absolute Gasteiger partial charge is 0.410 e. The summed E-state index contributed by atoms with van der Waals surface area (Å²) < 4.78 is 5.44. The van der Waals surface area contributed by atoms with Gasteiger partial charge < -0.3 is 20.3 Å². The molecule has 3 atom stereocenters. The van der Waals surface area contributed by atoms with E-state index in [-0.39, 0.29) is 6.09 Å². The number of nitrogens with two attached hydrogens (primary N) is 1. The van der Waals surface area contributed by atoms with Crippen LogP contribution in [-0.4, -0.2) is 59.7 Å². The maximum absolute atomic E-state index is 12.2. The molecular weight excluding hydrogens is 328 g/mol. The van der Waals surface area contributed by atoms with Gasteiger partial charge in [-0.3, -0.25) is 0 Å². The quantitative estimate of drug-likeness (QED) is 0.618. The molecule has 140 valence electrons. The van der Waals surface area contributed by atoms with Crippen LogP contribution in [-0.2, 0) is 11.2 Å². The predicted octanol–water partition coefficient (Wildman–Crippen LogP) is 2.19. The van der Waals surface area contributed by atoms with Crippen LogP contribution in [0, 0.1) is 5.92 Å². The predicted molar refractivity (Wildman–Crippen MR) is 101 cm³/mol. The van der Waals surface area contributed by atoms with Crippen molar-refractivity contribution >= 4 is 12.1 Å². The number of benzene rings is 1. The topological polar surface area (TPSA) is 71.2 Å². The molecule has 3 aliphatic rings. The summed E-state index contributed by atoms with van der Waals surface area (Å²) in [6, 6.07) is 9.00. The van der Waals surface area contributed by atoms with E-state index in [1.54, 1.807) is 4.90 Å². The molecule has 6 heteroatoms. The zero-order valence-corrected chi connectivity index (χ0v) is 15.8. The van der Waals surface area contributed by atoms with Gasteiger partial charge in [-0.15, -0.1) is 0 Å². The number of nitrogens with zero attached hydrogens (tertiary/aromatic N) is 3. The standard InChI is InChI=1S/C20H28N4O2/c1-20(2,3)26-19(25)24-10-8-23(9-11-24)18(21)22-17-15-12-13-6-4-5-7-14(13)16(15)17/h4-7,15-17H,8-12H2,1-3H3,(H2,21,22). The zero-order chi connectivity index (χ0) is 18.5. The minimum absolute atomic E-state index is 0.249. The second-order valence-corrected chi connectivity index (χ2v) is 8.52. The van der Waals surface area contributed by atoms with Gasteiger partial charge >= 0.3 is 6.09 Å². The van der Waals surface area contributed by atoms with Gasteiger partial charge in [-0.2, -0.15) is 0 Å². The van der Waals surface area contributed by atoms with E-state index in [1.165, 1.54) is 11.1 Å². The fraction of sp³-hybridized carbons (Fsp3) is 0.600. The van der Waals surface area contributed by atoms with Crippen LogP contribution in [0.15, 0.2) is 29.3 Å². The van der Waals surface area contributed by atoms with Gasteiger partial charge in [0.2, 0.25) is 0 Å². The van der Waals surface area contributed by atoms with Gasteiger partial charge in [0.1, 0.15) is 5.60 Å². The molecule has 0 bridgehead atoms. The molecular formula is C20H28N4O2. The molecule has 2 N–H and O–H groups in total. The number of ether oxygens (including phenoxy) is 1.